The zero-order valence-corrected chi connectivity index (χ0v) is 12.9. The van der Waals surface area contributed by atoms with Gasteiger partial charge in [-0.15, -0.1) is 24.0 Å². The van der Waals surface area contributed by atoms with E-state index in [0.29, 0.717) is 12.5 Å². The molecule has 0 saturated carbocycles. The number of hydrogen-bond donors (Lipinski definition) is 1. The SMILES string of the molecule is CC(C)=CCN=C(N)N1CCC(C)CC1.I. The Hall–Kier alpha value is -0.260. The average Bonchev–Trinajstić information content (AvgIpc) is 2.18. The van der Waals surface area contributed by atoms with E-state index >= 15 is 0 Å². The Labute approximate surface area is 116 Å². The van der Waals surface area contributed by atoms with Crippen LogP contribution in [0.15, 0.2) is 16.6 Å². The second kappa shape index (κ2) is 7.92. The maximum atomic E-state index is 5.93. The van der Waals surface area contributed by atoms with Crippen molar-refractivity contribution in [3.05, 3.63) is 11.6 Å². The minimum absolute atomic E-state index is 0. The molecule has 1 heterocycles. The molecule has 0 aromatic rings. The maximum absolute atomic E-state index is 5.93. The third-order valence-corrected chi connectivity index (χ3v) is 2.86. The summed E-state index contributed by atoms with van der Waals surface area (Å²) in [6.07, 6.45) is 4.57. The van der Waals surface area contributed by atoms with Crippen LogP contribution >= 0.6 is 24.0 Å². The highest BCUT2D eigenvalue weighted by Crippen LogP contribution is 2.15. The Morgan fingerprint density at radius 2 is 1.94 bits per heavy atom. The van der Waals surface area contributed by atoms with Crippen molar-refractivity contribution in [3.63, 3.8) is 0 Å². The predicted octanol–water partition coefficient (Wildman–Crippen LogP) is 2.62. The number of guanidine groups is 1. The van der Waals surface area contributed by atoms with E-state index in [1.165, 1.54) is 18.4 Å². The molecule has 1 aliphatic heterocycles. The Morgan fingerprint density at radius 1 is 1.38 bits per heavy atom. The van der Waals surface area contributed by atoms with Crippen molar-refractivity contribution in [2.45, 2.75) is 33.6 Å². The lowest BCUT2D eigenvalue weighted by molar-refractivity contribution is 0.278. The summed E-state index contributed by atoms with van der Waals surface area (Å²) in [5, 5.41) is 0. The molecule has 3 nitrogen and oxygen atoms in total. The molecular formula is C12H24IN3. The van der Waals surface area contributed by atoms with Crippen LogP contribution in [0.3, 0.4) is 0 Å². The third kappa shape index (κ3) is 5.72. The first-order valence-electron chi connectivity index (χ1n) is 5.78. The fourth-order valence-electron chi connectivity index (χ4n) is 1.66. The van der Waals surface area contributed by atoms with E-state index in [4.69, 9.17) is 5.73 Å². The van der Waals surface area contributed by atoms with E-state index in [9.17, 15) is 0 Å². The van der Waals surface area contributed by atoms with E-state index in [2.05, 4.69) is 36.7 Å². The van der Waals surface area contributed by atoms with Crippen molar-refractivity contribution >= 4 is 29.9 Å². The molecule has 1 fully saturated rings. The highest BCUT2D eigenvalue weighted by molar-refractivity contribution is 14.0. The molecular weight excluding hydrogens is 313 g/mol. The van der Waals surface area contributed by atoms with Gasteiger partial charge in [-0.25, -0.2) is 4.99 Å². The highest BCUT2D eigenvalue weighted by atomic mass is 127. The molecule has 0 aromatic carbocycles. The molecule has 4 heteroatoms. The van der Waals surface area contributed by atoms with Crippen molar-refractivity contribution in [2.75, 3.05) is 19.6 Å². The lowest BCUT2D eigenvalue weighted by Crippen LogP contribution is -2.42. The summed E-state index contributed by atoms with van der Waals surface area (Å²) >= 11 is 0. The molecule has 94 valence electrons. The molecule has 0 spiro atoms. The minimum Gasteiger partial charge on any atom is -0.370 e. The molecule has 0 amide bonds. The highest BCUT2D eigenvalue weighted by Gasteiger charge is 2.16. The fraction of sp³-hybridized carbons (Fsp3) is 0.750. The quantitative estimate of drug-likeness (QED) is 0.364. The van der Waals surface area contributed by atoms with Gasteiger partial charge in [0.05, 0.1) is 6.54 Å². The molecule has 1 rings (SSSR count). The molecule has 2 N–H and O–H groups in total. The standard InChI is InChI=1S/C12H23N3.HI/c1-10(2)4-7-14-12(13)15-8-5-11(3)6-9-15;/h4,11H,5-9H2,1-3H3,(H2,13,14);1H. The molecule has 0 radical (unpaired) electrons. The Morgan fingerprint density at radius 3 is 2.44 bits per heavy atom. The maximum Gasteiger partial charge on any atom is 0.191 e. The lowest BCUT2D eigenvalue weighted by Gasteiger charge is -2.30. The van der Waals surface area contributed by atoms with Crippen LogP contribution in [0.1, 0.15) is 33.6 Å². The Balaban J connectivity index is 0.00000225. The van der Waals surface area contributed by atoms with Crippen LogP contribution < -0.4 is 5.73 Å². The van der Waals surface area contributed by atoms with E-state index in [0.717, 1.165) is 19.0 Å². The molecule has 0 aliphatic carbocycles. The summed E-state index contributed by atoms with van der Waals surface area (Å²) in [5.74, 6) is 1.55. The smallest absolute Gasteiger partial charge is 0.191 e. The first kappa shape index (κ1) is 15.7. The first-order valence-corrected chi connectivity index (χ1v) is 5.78. The first-order chi connectivity index (χ1) is 7.09. The van der Waals surface area contributed by atoms with Gasteiger partial charge in [0.2, 0.25) is 0 Å². The van der Waals surface area contributed by atoms with Crippen molar-refractivity contribution in [3.8, 4) is 0 Å². The van der Waals surface area contributed by atoms with Crippen molar-refractivity contribution in [1.29, 1.82) is 0 Å². The largest absolute Gasteiger partial charge is 0.370 e. The molecule has 1 saturated heterocycles. The fourth-order valence-corrected chi connectivity index (χ4v) is 1.66. The van der Waals surface area contributed by atoms with Gasteiger partial charge in [-0.1, -0.05) is 18.6 Å². The molecule has 0 aromatic heterocycles. The van der Waals surface area contributed by atoms with E-state index < -0.39 is 0 Å². The van der Waals surface area contributed by atoms with E-state index in [-0.39, 0.29) is 24.0 Å². The topological polar surface area (TPSA) is 41.6 Å². The number of piperidine rings is 1. The predicted molar refractivity (Wildman–Crippen MR) is 81.3 cm³/mol. The van der Waals surface area contributed by atoms with Crippen molar-refractivity contribution in [1.82, 2.24) is 4.90 Å². The van der Waals surface area contributed by atoms with Gasteiger partial charge < -0.3 is 10.6 Å². The second-order valence-electron chi connectivity index (χ2n) is 4.65. The minimum atomic E-state index is 0. The van der Waals surface area contributed by atoms with Crippen LogP contribution in [-0.4, -0.2) is 30.5 Å². The zero-order valence-electron chi connectivity index (χ0n) is 10.6. The van der Waals surface area contributed by atoms with Gasteiger partial charge in [0.15, 0.2) is 5.96 Å². The molecule has 1 aliphatic rings. The molecule has 0 bridgehead atoms. The monoisotopic (exact) mass is 337 g/mol. The average molecular weight is 337 g/mol. The van der Waals surface area contributed by atoms with Gasteiger partial charge in [-0.05, 0) is 32.6 Å². The summed E-state index contributed by atoms with van der Waals surface area (Å²) < 4.78 is 0. The van der Waals surface area contributed by atoms with Gasteiger partial charge in [0.1, 0.15) is 0 Å². The van der Waals surface area contributed by atoms with Crippen LogP contribution in [0, 0.1) is 5.92 Å². The van der Waals surface area contributed by atoms with Crippen LogP contribution in [0.2, 0.25) is 0 Å². The van der Waals surface area contributed by atoms with Crippen LogP contribution in [0.25, 0.3) is 0 Å². The van der Waals surface area contributed by atoms with Gasteiger partial charge in [0, 0.05) is 13.1 Å². The summed E-state index contributed by atoms with van der Waals surface area (Å²) in [4.78, 5) is 6.55. The Bertz CT molecular complexity index is 249. The van der Waals surface area contributed by atoms with E-state index in [1.54, 1.807) is 0 Å². The number of aliphatic imine (C=N–C) groups is 1. The second-order valence-corrected chi connectivity index (χ2v) is 4.65. The summed E-state index contributed by atoms with van der Waals surface area (Å²) in [7, 11) is 0. The summed E-state index contributed by atoms with van der Waals surface area (Å²) in [5.41, 5.74) is 7.22. The van der Waals surface area contributed by atoms with Crippen LogP contribution in [0.4, 0.5) is 0 Å². The summed E-state index contributed by atoms with van der Waals surface area (Å²) in [6.45, 7) is 9.29. The van der Waals surface area contributed by atoms with E-state index in [1.807, 2.05) is 0 Å². The lowest BCUT2D eigenvalue weighted by atomic mass is 10.00. The number of nitrogens with zero attached hydrogens (tertiary/aromatic N) is 2. The van der Waals surface area contributed by atoms with Gasteiger partial charge in [-0.2, -0.15) is 0 Å². The number of nitrogens with two attached hydrogens (primary N) is 1. The number of allylic oxidation sites excluding steroid dienone is 1. The molecule has 0 unspecified atom stereocenters. The van der Waals surface area contributed by atoms with Gasteiger partial charge >= 0.3 is 0 Å². The number of hydrogen-bond acceptors (Lipinski definition) is 1. The van der Waals surface area contributed by atoms with Crippen molar-refractivity contribution in [2.24, 2.45) is 16.6 Å². The van der Waals surface area contributed by atoms with Crippen LogP contribution in [-0.2, 0) is 0 Å². The van der Waals surface area contributed by atoms with Crippen molar-refractivity contribution < 1.29 is 0 Å². The van der Waals surface area contributed by atoms with Gasteiger partial charge in [0.25, 0.3) is 0 Å². The summed E-state index contributed by atoms with van der Waals surface area (Å²) in [6, 6.07) is 0. The Kier molecular flexibility index (Phi) is 7.80. The van der Waals surface area contributed by atoms with Gasteiger partial charge in [-0.3, -0.25) is 0 Å². The third-order valence-electron chi connectivity index (χ3n) is 2.86. The number of likely N-dealkylation sites (tertiary alicyclic amines) is 1. The zero-order chi connectivity index (χ0) is 11.3. The molecule has 16 heavy (non-hydrogen) atoms. The van der Waals surface area contributed by atoms with Crippen LogP contribution in [0.5, 0.6) is 0 Å². The molecule has 0 atom stereocenters. The normalized spacial score (nSPS) is 17.9. The number of halogens is 1. The number of rotatable bonds is 2.